The molecule has 0 bridgehead atoms. The zero-order valence-corrected chi connectivity index (χ0v) is 12.9. The molecule has 0 aromatic heterocycles. The van der Waals surface area contributed by atoms with Crippen molar-refractivity contribution in [3.63, 3.8) is 0 Å². The second kappa shape index (κ2) is 6.45. The summed E-state index contributed by atoms with van der Waals surface area (Å²) in [4.78, 5) is 0. The average Bonchev–Trinajstić information content (AvgIpc) is 2.89. The van der Waals surface area contributed by atoms with E-state index in [0.717, 1.165) is 31.4 Å². The van der Waals surface area contributed by atoms with Crippen molar-refractivity contribution in [2.45, 2.75) is 18.7 Å². The number of hydrogen-bond acceptors (Lipinski definition) is 4. The molecule has 8 heteroatoms. The van der Waals surface area contributed by atoms with Gasteiger partial charge in [-0.05, 0) is 37.2 Å². The Morgan fingerprint density at radius 2 is 1.95 bits per heavy atom. The van der Waals surface area contributed by atoms with E-state index in [1.54, 1.807) is 0 Å². The lowest BCUT2D eigenvalue weighted by molar-refractivity contribution is -0.137. The summed E-state index contributed by atoms with van der Waals surface area (Å²) in [6.07, 6.45) is -3.07. The summed E-state index contributed by atoms with van der Waals surface area (Å²) in [7, 11) is -3.25. The molecule has 0 saturated carbocycles. The van der Waals surface area contributed by atoms with Gasteiger partial charge in [0.15, 0.2) is 9.84 Å². The van der Waals surface area contributed by atoms with Gasteiger partial charge in [0.05, 0.1) is 11.3 Å². The van der Waals surface area contributed by atoms with Crippen LogP contribution < -0.4 is 10.1 Å². The van der Waals surface area contributed by atoms with Gasteiger partial charge in [0.1, 0.15) is 11.9 Å². The molecule has 1 aromatic rings. The Morgan fingerprint density at radius 1 is 1.32 bits per heavy atom. The second-order valence-corrected chi connectivity index (χ2v) is 7.71. The fourth-order valence-electron chi connectivity index (χ4n) is 2.46. The van der Waals surface area contributed by atoms with E-state index in [4.69, 9.17) is 4.74 Å². The molecule has 1 aliphatic rings. The van der Waals surface area contributed by atoms with Crippen LogP contribution in [0.15, 0.2) is 24.3 Å². The Bertz CT molecular complexity index is 593. The van der Waals surface area contributed by atoms with Crippen LogP contribution in [0.25, 0.3) is 0 Å². The summed E-state index contributed by atoms with van der Waals surface area (Å²) in [5.41, 5.74) is -0.762. The molecule has 0 radical (unpaired) electrons. The number of hydrogen-bond donors (Lipinski definition) is 1. The van der Waals surface area contributed by atoms with E-state index in [1.807, 2.05) is 0 Å². The van der Waals surface area contributed by atoms with Crippen LogP contribution in [-0.4, -0.2) is 39.6 Å². The van der Waals surface area contributed by atoms with Crippen LogP contribution in [0.3, 0.4) is 0 Å². The van der Waals surface area contributed by atoms with Gasteiger partial charge < -0.3 is 10.1 Å². The number of alkyl halides is 3. The van der Waals surface area contributed by atoms with Crippen molar-refractivity contribution in [1.29, 1.82) is 0 Å². The summed E-state index contributed by atoms with van der Waals surface area (Å²) >= 11 is 0. The zero-order chi connectivity index (χ0) is 16.4. The Labute approximate surface area is 127 Å². The van der Waals surface area contributed by atoms with Crippen molar-refractivity contribution >= 4 is 9.84 Å². The molecule has 0 unspecified atom stereocenters. The number of halogens is 3. The van der Waals surface area contributed by atoms with E-state index in [9.17, 15) is 21.6 Å². The highest BCUT2D eigenvalue weighted by Gasteiger charge is 2.31. The third-order valence-corrected chi connectivity index (χ3v) is 4.49. The van der Waals surface area contributed by atoms with Gasteiger partial charge in [0.25, 0.3) is 0 Å². The highest BCUT2D eigenvalue weighted by Crippen LogP contribution is 2.31. The zero-order valence-electron chi connectivity index (χ0n) is 12.1. The minimum absolute atomic E-state index is 0.0250. The first-order valence-corrected chi connectivity index (χ1v) is 8.93. The molecule has 2 atom stereocenters. The van der Waals surface area contributed by atoms with Crippen molar-refractivity contribution in [1.82, 2.24) is 5.32 Å². The smallest absolute Gasteiger partial charge is 0.416 e. The molecule has 1 heterocycles. The first-order valence-electron chi connectivity index (χ1n) is 6.87. The second-order valence-electron chi connectivity index (χ2n) is 5.52. The number of ether oxygens (including phenoxy) is 1. The molecule has 1 N–H and O–H groups in total. The standard InChI is InChI=1S/C14H18F3NO3S/c1-22(19,20)9-13(10-6-7-18-8-10)21-12-4-2-11(3-5-12)14(15,16)17/h2-5,10,13,18H,6-9H2,1H3/t10-,13-/m0/s1. The van der Waals surface area contributed by atoms with Crippen molar-refractivity contribution < 1.29 is 26.3 Å². The lowest BCUT2D eigenvalue weighted by Crippen LogP contribution is -2.35. The van der Waals surface area contributed by atoms with Gasteiger partial charge in [-0.25, -0.2) is 8.42 Å². The average molecular weight is 337 g/mol. The van der Waals surface area contributed by atoms with E-state index >= 15 is 0 Å². The number of nitrogens with one attached hydrogen (secondary N) is 1. The minimum atomic E-state index is -4.40. The Morgan fingerprint density at radius 3 is 2.41 bits per heavy atom. The fraction of sp³-hybridized carbons (Fsp3) is 0.571. The van der Waals surface area contributed by atoms with Crippen LogP contribution in [0.2, 0.25) is 0 Å². The third-order valence-electron chi connectivity index (χ3n) is 3.56. The van der Waals surface area contributed by atoms with Crippen molar-refractivity contribution in [2.24, 2.45) is 5.92 Å². The molecule has 0 amide bonds. The molecule has 1 aromatic carbocycles. The number of sulfone groups is 1. The SMILES string of the molecule is CS(=O)(=O)C[C@H](Oc1ccc(C(F)(F)F)cc1)[C@H]1CCNC1. The molecule has 0 aliphatic carbocycles. The molecular formula is C14H18F3NO3S. The lowest BCUT2D eigenvalue weighted by atomic mass is 10.0. The maximum atomic E-state index is 12.5. The lowest BCUT2D eigenvalue weighted by Gasteiger charge is -2.24. The molecule has 4 nitrogen and oxygen atoms in total. The van der Waals surface area contributed by atoms with Crippen LogP contribution in [0.4, 0.5) is 13.2 Å². The van der Waals surface area contributed by atoms with Crippen LogP contribution in [0.5, 0.6) is 5.75 Å². The topological polar surface area (TPSA) is 55.4 Å². The quantitative estimate of drug-likeness (QED) is 0.894. The van der Waals surface area contributed by atoms with E-state index in [1.165, 1.54) is 12.1 Å². The summed E-state index contributed by atoms with van der Waals surface area (Å²) in [6.45, 7) is 1.42. The summed E-state index contributed by atoms with van der Waals surface area (Å²) in [5.74, 6) is 0.117. The Balaban J connectivity index is 2.12. The van der Waals surface area contributed by atoms with Crippen molar-refractivity contribution in [3.05, 3.63) is 29.8 Å². The molecule has 1 aliphatic heterocycles. The van der Waals surface area contributed by atoms with Crippen LogP contribution in [0.1, 0.15) is 12.0 Å². The molecule has 2 rings (SSSR count). The van der Waals surface area contributed by atoms with Gasteiger partial charge in [-0.1, -0.05) is 0 Å². The van der Waals surface area contributed by atoms with Gasteiger partial charge in [-0.3, -0.25) is 0 Å². The molecular weight excluding hydrogens is 319 g/mol. The molecule has 124 valence electrons. The van der Waals surface area contributed by atoms with E-state index in [0.29, 0.717) is 6.54 Å². The molecule has 22 heavy (non-hydrogen) atoms. The molecule has 1 fully saturated rings. The van der Waals surface area contributed by atoms with Crippen molar-refractivity contribution in [2.75, 3.05) is 25.1 Å². The van der Waals surface area contributed by atoms with Crippen LogP contribution in [-0.2, 0) is 16.0 Å². The Hall–Kier alpha value is -1.28. The van der Waals surface area contributed by atoms with E-state index < -0.39 is 27.7 Å². The van der Waals surface area contributed by atoms with Gasteiger partial charge in [-0.15, -0.1) is 0 Å². The predicted molar refractivity (Wildman–Crippen MR) is 76.5 cm³/mol. The summed E-state index contributed by atoms with van der Waals surface area (Å²) in [5, 5.41) is 3.13. The van der Waals surface area contributed by atoms with Crippen molar-refractivity contribution in [3.8, 4) is 5.75 Å². The number of benzene rings is 1. The highest BCUT2D eigenvalue weighted by atomic mass is 32.2. The maximum absolute atomic E-state index is 12.5. The highest BCUT2D eigenvalue weighted by molar-refractivity contribution is 7.90. The Kier molecular flexibility index (Phi) is 5.01. The first-order chi connectivity index (χ1) is 10.1. The fourth-order valence-corrected chi connectivity index (χ4v) is 3.39. The van der Waals surface area contributed by atoms with Gasteiger partial charge in [-0.2, -0.15) is 13.2 Å². The molecule has 0 spiro atoms. The monoisotopic (exact) mass is 337 g/mol. The predicted octanol–water partition coefficient (Wildman–Crippen LogP) is 2.11. The molecule has 1 saturated heterocycles. The number of rotatable bonds is 5. The first kappa shape index (κ1) is 17.1. The third kappa shape index (κ3) is 4.88. The summed E-state index contributed by atoms with van der Waals surface area (Å²) in [6, 6.07) is 4.31. The largest absolute Gasteiger partial charge is 0.489 e. The summed E-state index contributed by atoms with van der Waals surface area (Å²) < 4.78 is 66.3. The normalized spacial score (nSPS) is 20.8. The van der Waals surface area contributed by atoms with Crippen LogP contribution >= 0.6 is 0 Å². The maximum Gasteiger partial charge on any atom is 0.416 e. The van der Waals surface area contributed by atoms with Gasteiger partial charge in [0, 0.05) is 18.7 Å². The van der Waals surface area contributed by atoms with Crippen LogP contribution in [0, 0.1) is 5.92 Å². The minimum Gasteiger partial charge on any atom is -0.489 e. The van der Waals surface area contributed by atoms with E-state index in [2.05, 4.69) is 5.32 Å². The van der Waals surface area contributed by atoms with Gasteiger partial charge >= 0.3 is 6.18 Å². The van der Waals surface area contributed by atoms with Gasteiger partial charge in [0.2, 0.25) is 0 Å². The van der Waals surface area contributed by atoms with E-state index in [-0.39, 0.29) is 17.4 Å².